The molecule has 0 bridgehead atoms. The van der Waals surface area contributed by atoms with Crippen molar-refractivity contribution in [2.45, 2.75) is 6.42 Å². The first-order valence-corrected chi connectivity index (χ1v) is 10.1. The molecule has 166 valence electrons. The molecule has 10 heteroatoms. The molecule has 10 nitrogen and oxygen atoms in total. The van der Waals surface area contributed by atoms with Gasteiger partial charge in [-0.1, -0.05) is 0 Å². The highest BCUT2D eigenvalue weighted by molar-refractivity contribution is 6.04. The predicted molar refractivity (Wildman–Crippen MR) is 114 cm³/mol. The van der Waals surface area contributed by atoms with E-state index in [0.29, 0.717) is 41.7 Å². The fourth-order valence-electron chi connectivity index (χ4n) is 3.55. The number of carbonyl (C=O) groups is 4. The number of fused-ring (bicyclic) bond motifs is 1. The third kappa shape index (κ3) is 4.64. The summed E-state index contributed by atoms with van der Waals surface area (Å²) in [5.41, 5.74) is 6.47. The van der Waals surface area contributed by atoms with Crippen molar-refractivity contribution in [1.82, 2.24) is 5.32 Å². The van der Waals surface area contributed by atoms with Crippen molar-refractivity contribution in [3.05, 3.63) is 48.0 Å². The second-order valence-corrected chi connectivity index (χ2v) is 7.45. The van der Waals surface area contributed by atoms with E-state index in [-0.39, 0.29) is 31.3 Å². The van der Waals surface area contributed by atoms with Crippen LogP contribution in [0.5, 0.6) is 11.5 Å². The lowest BCUT2D eigenvalue weighted by Crippen LogP contribution is -2.33. The summed E-state index contributed by atoms with van der Waals surface area (Å²) >= 11 is 0. The zero-order chi connectivity index (χ0) is 22.7. The minimum Gasteiger partial charge on any atom is -0.486 e. The van der Waals surface area contributed by atoms with Crippen LogP contribution in [0.15, 0.2) is 42.5 Å². The maximum Gasteiger partial charge on any atom is 0.251 e. The molecule has 4 N–H and O–H groups in total. The second kappa shape index (κ2) is 8.96. The highest BCUT2D eigenvalue weighted by atomic mass is 16.6. The van der Waals surface area contributed by atoms with Crippen LogP contribution in [0.2, 0.25) is 0 Å². The van der Waals surface area contributed by atoms with Crippen LogP contribution in [0.1, 0.15) is 16.8 Å². The van der Waals surface area contributed by atoms with Crippen LogP contribution in [0.3, 0.4) is 0 Å². The summed E-state index contributed by atoms with van der Waals surface area (Å²) in [6, 6.07) is 11.5. The van der Waals surface area contributed by atoms with Gasteiger partial charge in [0.2, 0.25) is 17.7 Å². The molecular weight excluding hydrogens is 416 g/mol. The average molecular weight is 438 g/mol. The van der Waals surface area contributed by atoms with Crippen LogP contribution in [-0.2, 0) is 14.4 Å². The fraction of sp³-hybridized carbons (Fsp3) is 0.273. The van der Waals surface area contributed by atoms with E-state index in [1.54, 1.807) is 35.2 Å². The van der Waals surface area contributed by atoms with E-state index in [1.165, 1.54) is 12.1 Å². The van der Waals surface area contributed by atoms with Crippen LogP contribution in [0, 0.1) is 5.92 Å². The van der Waals surface area contributed by atoms with Gasteiger partial charge in [-0.3, -0.25) is 19.2 Å². The minimum absolute atomic E-state index is 0.0912. The number of hydrogen-bond acceptors (Lipinski definition) is 6. The Kier molecular flexibility index (Phi) is 5.93. The van der Waals surface area contributed by atoms with Crippen LogP contribution in [-0.4, -0.2) is 49.9 Å². The molecule has 1 fully saturated rings. The first-order valence-electron chi connectivity index (χ1n) is 10.1. The molecular formula is C22H22N4O6. The summed E-state index contributed by atoms with van der Waals surface area (Å²) in [7, 11) is 0. The summed E-state index contributed by atoms with van der Waals surface area (Å²) in [4.78, 5) is 49.5. The topological polar surface area (TPSA) is 140 Å². The summed E-state index contributed by atoms with van der Waals surface area (Å²) in [5, 5.41) is 5.16. The maximum atomic E-state index is 12.7. The molecule has 2 aliphatic heterocycles. The number of hydrogen-bond donors (Lipinski definition) is 3. The SMILES string of the molecule is NC(=O)CNC(=O)c1ccc(NC(=O)C2CC(=O)N(c3ccc4c(c3)OCCO4)C2)cc1. The molecule has 0 saturated carbocycles. The van der Waals surface area contributed by atoms with Crippen molar-refractivity contribution >= 4 is 35.0 Å². The lowest BCUT2D eigenvalue weighted by Gasteiger charge is -2.22. The quantitative estimate of drug-likeness (QED) is 0.605. The molecule has 0 spiro atoms. The Hall–Kier alpha value is -4.08. The lowest BCUT2D eigenvalue weighted by molar-refractivity contribution is -0.122. The Morgan fingerprint density at radius 1 is 1.03 bits per heavy atom. The van der Waals surface area contributed by atoms with Crippen molar-refractivity contribution < 1.29 is 28.7 Å². The first-order chi connectivity index (χ1) is 15.4. The van der Waals surface area contributed by atoms with Crippen molar-refractivity contribution in [2.24, 2.45) is 11.7 Å². The highest BCUT2D eigenvalue weighted by Gasteiger charge is 2.35. The van der Waals surface area contributed by atoms with E-state index in [4.69, 9.17) is 15.2 Å². The third-order valence-corrected chi connectivity index (χ3v) is 5.17. The van der Waals surface area contributed by atoms with Gasteiger partial charge >= 0.3 is 0 Å². The van der Waals surface area contributed by atoms with E-state index in [1.807, 2.05) is 0 Å². The Bertz CT molecular complexity index is 1070. The smallest absolute Gasteiger partial charge is 0.251 e. The number of anilines is 2. The molecule has 0 radical (unpaired) electrons. The zero-order valence-electron chi connectivity index (χ0n) is 17.1. The maximum absolute atomic E-state index is 12.7. The monoisotopic (exact) mass is 438 g/mol. The van der Waals surface area contributed by atoms with Gasteiger partial charge in [0.05, 0.1) is 12.5 Å². The zero-order valence-corrected chi connectivity index (χ0v) is 17.1. The molecule has 1 atom stereocenters. The third-order valence-electron chi connectivity index (χ3n) is 5.17. The normalized spacial score (nSPS) is 17.1. The van der Waals surface area contributed by atoms with Gasteiger partial charge in [0.15, 0.2) is 11.5 Å². The molecule has 1 saturated heterocycles. The molecule has 0 aromatic heterocycles. The number of nitrogens with two attached hydrogens (primary N) is 1. The summed E-state index contributed by atoms with van der Waals surface area (Å²) < 4.78 is 11.1. The molecule has 2 aliphatic rings. The predicted octanol–water partition coefficient (Wildman–Crippen LogP) is 0.664. The Morgan fingerprint density at radius 3 is 2.47 bits per heavy atom. The van der Waals surface area contributed by atoms with Crippen LogP contribution in [0.25, 0.3) is 0 Å². The lowest BCUT2D eigenvalue weighted by atomic mass is 10.1. The second-order valence-electron chi connectivity index (χ2n) is 7.45. The van der Waals surface area contributed by atoms with Crippen molar-refractivity contribution in [3.8, 4) is 11.5 Å². The average Bonchev–Trinajstić information content (AvgIpc) is 3.19. The van der Waals surface area contributed by atoms with E-state index in [9.17, 15) is 19.2 Å². The van der Waals surface area contributed by atoms with Crippen LogP contribution >= 0.6 is 0 Å². The number of nitrogens with one attached hydrogen (secondary N) is 2. The number of ether oxygens (including phenoxy) is 2. The number of primary amides is 1. The number of rotatable bonds is 6. The van der Waals surface area contributed by atoms with Gasteiger partial charge in [-0.25, -0.2) is 0 Å². The highest BCUT2D eigenvalue weighted by Crippen LogP contribution is 2.36. The fourth-order valence-corrected chi connectivity index (χ4v) is 3.55. The van der Waals surface area contributed by atoms with E-state index in [2.05, 4.69) is 10.6 Å². The molecule has 2 heterocycles. The van der Waals surface area contributed by atoms with Gasteiger partial charge in [-0.2, -0.15) is 0 Å². The number of benzene rings is 2. The van der Waals surface area contributed by atoms with Crippen LogP contribution in [0.4, 0.5) is 11.4 Å². The standard InChI is InChI=1S/C22H22N4O6/c23-19(27)11-24-21(29)13-1-3-15(4-2-13)25-22(30)14-9-20(28)26(12-14)16-5-6-17-18(10-16)32-8-7-31-17/h1-6,10,14H,7-9,11-12H2,(H2,23,27)(H,24,29)(H,25,30). The first kappa shape index (κ1) is 21.2. The molecule has 32 heavy (non-hydrogen) atoms. The Labute approximate surface area is 183 Å². The van der Waals surface area contributed by atoms with Crippen molar-refractivity contribution in [2.75, 3.05) is 36.5 Å². The molecule has 2 aromatic carbocycles. The Balaban J connectivity index is 1.37. The molecule has 4 rings (SSSR count). The van der Waals surface area contributed by atoms with Crippen molar-refractivity contribution in [3.63, 3.8) is 0 Å². The number of amides is 4. The largest absolute Gasteiger partial charge is 0.486 e. The molecule has 2 aromatic rings. The van der Waals surface area contributed by atoms with Gasteiger partial charge in [-0.15, -0.1) is 0 Å². The van der Waals surface area contributed by atoms with Gasteiger partial charge in [0, 0.05) is 36.0 Å². The molecule has 0 aliphatic carbocycles. The summed E-state index contributed by atoms with van der Waals surface area (Å²) in [6.45, 7) is 0.919. The number of carbonyl (C=O) groups excluding carboxylic acids is 4. The van der Waals surface area contributed by atoms with Crippen LogP contribution < -0.4 is 30.7 Å². The van der Waals surface area contributed by atoms with Gasteiger partial charge in [0.25, 0.3) is 5.91 Å². The van der Waals surface area contributed by atoms with E-state index >= 15 is 0 Å². The van der Waals surface area contributed by atoms with Gasteiger partial charge in [-0.05, 0) is 36.4 Å². The van der Waals surface area contributed by atoms with Crippen molar-refractivity contribution in [1.29, 1.82) is 0 Å². The summed E-state index contributed by atoms with van der Waals surface area (Å²) in [5.74, 6) is -0.833. The summed E-state index contributed by atoms with van der Waals surface area (Å²) in [6.07, 6.45) is 0.0912. The van der Waals surface area contributed by atoms with E-state index < -0.39 is 17.7 Å². The number of nitrogens with zero attached hydrogens (tertiary/aromatic N) is 1. The minimum atomic E-state index is -0.640. The van der Waals surface area contributed by atoms with E-state index in [0.717, 1.165) is 0 Å². The molecule has 4 amide bonds. The van der Waals surface area contributed by atoms with Gasteiger partial charge < -0.3 is 30.7 Å². The molecule has 1 unspecified atom stereocenters. The Morgan fingerprint density at radius 2 is 1.75 bits per heavy atom. The van der Waals surface area contributed by atoms with Gasteiger partial charge in [0.1, 0.15) is 13.2 Å².